The van der Waals surface area contributed by atoms with Crippen LogP contribution in [0.5, 0.6) is 0 Å². The molecule has 0 aliphatic rings. The van der Waals surface area contributed by atoms with Crippen molar-refractivity contribution >= 4 is 0 Å². The molecule has 0 aromatic carbocycles. The summed E-state index contributed by atoms with van der Waals surface area (Å²) >= 11 is 0. The normalized spacial score (nSPS) is 10.0. The van der Waals surface area contributed by atoms with E-state index in [4.69, 9.17) is 5.26 Å². The minimum absolute atomic E-state index is 0.435. The van der Waals surface area contributed by atoms with E-state index < -0.39 is 0 Å². The lowest BCUT2D eigenvalue weighted by atomic mass is 10.2. The zero-order chi connectivity index (χ0) is 12.8. The molecule has 0 unspecified atom stereocenters. The maximum atomic E-state index is 8.74. The Morgan fingerprint density at radius 2 is 2.11 bits per heavy atom. The molecule has 0 saturated heterocycles. The van der Waals surface area contributed by atoms with E-state index >= 15 is 0 Å². The molecule has 0 saturated carbocycles. The molecule has 5 heteroatoms. The van der Waals surface area contributed by atoms with Gasteiger partial charge in [-0.15, -0.1) is 0 Å². The molecule has 18 heavy (non-hydrogen) atoms. The van der Waals surface area contributed by atoms with Crippen LogP contribution in [-0.2, 0) is 13.1 Å². The number of pyridine rings is 1. The molecule has 0 spiro atoms. The topological polar surface area (TPSA) is 74.5 Å². The summed E-state index contributed by atoms with van der Waals surface area (Å²) in [6, 6.07) is 5.68. The van der Waals surface area contributed by atoms with Crippen molar-refractivity contribution in [2.45, 2.75) is 20.0 Å². The smallest absolute Gasteiger partial charge is 0.140 e. The molecular weight excluding hydrogens is 226 g/mol. The third kappa shape index (κ3) is 3.34. The maximum Gasteiger partial charge on any atom is 0.140 e. The van der Waals surface area contributed by atoms with Gasteiger partial charge < -0.3 is 5.32 Å². The van der Waals surface area contributed by atoms with Gasteiger partial charge in [-0.1, -0.05) is 0 Å². The van der Waals surface area contributed by atoms with Gasteiger partial charge in [0.2, 0.25) is 0 Å². The van der Waals surface area contributed by atoms with Crippen LogP contribution in [0.2, 0.25) is 0 Å². The molecule has 0 aliphatic carbocycles. The first-order valence-corrected chi connectivity index (χ1v) is 5.61. The van der Waals surface area contributed by atoms with Gasteiger partial charge in [0.05, 0.1) is 11.4 Å². The van der Waals surface area contributed by atoms with Crippen molar-refractivity contribution in [2.75, 3.05) is 0 Å². The van der Waals surface area contributed by atoms with Crippen LogP contribution in [0.15, 0.2) is 30.7 Å². The lowest BCUT2D eigenvalue weighted by Gasteiger charge is -2.04. The van der Waals surface area contributed by atoms with Crippen LogP contribution in [-0.4, -0.2) is 15.0 Å². The number of aromatic nitrogens is 3. The Morgan fingerprint density at radius 1 is 1.22 bits per heavy atom. The molecule has 90 valence electrons. The quantitative estimate of drug-likeness (QED) is 0.871. The predicted molar refractivity (Wildman–Crippen MR) is 66.3 cm³/mol. The lowest BCUT2D eigenvalue weighted by molar-refractivity contribution is 0.675. The van der Waals surface area contributed by atoms with Gasteiger partial charge in [0.1, 0.15) is 11.8 Å². The van der Waals surface area contributed by atoms with Crippen LogP contribution in [0.1, 0.15) is 22.6 Å². The van der Waals surface area contributed by atoms with E-state index in [2.05, 4.69) is 20.3 Å². The van der Waals surface area contributed by atoms with Crippen LogP contribution >= 0.6 is 0 Å². The molecule has 2 heterocycles. The highest BCUT2D eigenvalue weighted by Gasteiger charge is 1.98. The number of nitrogens with zero attached hydrogens (tertiary/aromatic N) is 4. The molecule has 2 rings (SSSR count). The standard InChI is InChI=1S/C13H13N5/c1-10-6-18-13(9-17-10)8-15-7-11-2-3-16-12(4-11)5-14/h2-4,6,9,15H,7-8H2,1H3. The van der Waals surface area contributed by atoms with Crippen LogP contribution in [0.25, 0.3) is 0 Å². The van der Waals surface area contributed by atoms with Gasteiger partial charge in [0, 0.05) is 31.7 Å². The van der Waals surface area contributed by atoms with Crippen molar-refractivity contribution in [1.29, 1.82) is 5.26 Å². The molecule has 5 nitrogen and oxygen atoms in total. The maximum absolute atomic E-state index is 8.74. The van der Waals surface area contributed by atoms with Gasteiger partial charge in [-0.05, 0) is 24.6 Å². The molecule has 0 bridgehead atoms. The first-order valence-electron chi connectivity index (χ1n) is 5.61. The summed E-state index contributed by atoms with van der Waals surface area (Å²) < 4.78 is 0. The van der Waals surface area contributed by atoms with Gasteiger partial charge in [0.25, 0.3) is 0 Å². The second-order valence-corrected chi connectivity index (χ2v) is 3.91. The Morgan fingerprint density at radius 3 is 2.83 bits per heavy atom. The third-order valence-corrected chi connectivity index (χ3v) is 2.41. The largest absolute Gasteiger partial charge is 0.307 e. The molecule has 2 aromatic heterocycles. The van der Waals surface area contributed by atoms with E-state index in [1.807, 2.05) is 19.1 Å². The third-order valence-electron chi connectivity index (χ3n) is 2.41. The second kappa shape index (κ2) is 5.84. The van der Waals surface area contributed by atoms with Crippen LogP contribution in [0.3, 0.4) is 0 Å². The zero-order valence-corrected chi connectivity index (χ0v) is 10.1. The van der Waals surface area contributed by atoms with E-state index in [-0.39, 0.29) is 0 Å². The van der Waals surface area contributed by atoms with Crippen molar-refractivity contribution in [3.63, 3.8) is 0 Å². The zero-order valence-electron chi connectivity index (χ0n) is 10.1. The first kappa shape index (κ1) is 12.1. The highest BCUT2D eigenvalue weighted by atomic mass is 14.9. The first-order chi connectivity index (χ1) is 8.78. The highest BCUT2D eigenvalue weighted by Crippen LogP contribution is 2.01. The average molecular weight is 239 g/mol. The van der Waals surface area contributed by atoms with Gasteiger partial charge >= 0.3 is 0 Å². The summed E-state index contributed by atoms with van der Waals surface area (Å²) in [4.78, 5) is 12.4. The van der Waals surface area contributed by atoms with Crippen LogP contribution in [0, 0.1) is 18.3 Å². The number of rotatable bonds is 4. The SMILES string of the molecule is Cc1cnc(CNCc2ccnc(C#N)c2)cn1. The van der Waals surface area contributed by atoms with E-state index in [1.165, 1.54) is 0 Å². The van der Waals surface area contributed by atoms with Crippen molar-refractivity contribution in [3.05, 3.63) is 53.4 Å². The van der Waals surface area contributed by atoms with E-state index in [9.17, 15) is 0 Å². The van der Waals surface area contributed by atoms with Gasteiger partial charge in [-0.2, -0.15) is 5.26 Å². The summed E-state index contributed by atoms with van der Waals surface area (Å²) in [6.07, 6.45) is 5.15. The summed E-state index contributed by atoms with van der Waals surface area (Å²) in [5, 5.41) is 12.0. The van der Waals surface area contributed by atoms with Crippen molar-refractivity contribution < 1.29 is 0 Å². The Labute approximate surface area is 106 Å². The molecule has 0 fully saturated rings. The Bertz CT molecular complexity index is 556. The van der Waals surface area contributed by atoms with Gasteiger partial charge in [0.15, 0.2) is 0 Å². The number of nitrogens with one attached hydrogen (secondary N) is 1. The van der Waals surface area contributed by atoms with E-state index in [1.54, 1.807) is 24.7 Å². The Hall–Kier alpha value is -2.32. The van der Waals surface area contributed by atoms with E-state index in [0.717, 1.165) is 17.0 Å². The van der Waals surface area contributed by atoms with Gasteiger partial charge in [-0.25, -0.2) is 4.98 Å². The van der Waals surface area contributed by atoms with Crippen LogP contribution in [0.4, 0.5) is 0 Å². The van der Waals surface area contributed by atoms with Crippen LogP contribution < -0.4 is 5.32 Å². The molecule has 1 N–H and O–H groups in total. The minimum Gasteiger partial charge on any atom is -0.307 e. The van der Waals surface area contributed by atoms with Crippen molar-refractivity contribution in [3.8, 4) is 6.07 Å². The Kier molecular flexibility index (Phi) is 3.94. The molecular formula is C13H13N5. The fraction of sp³-hybridized carbons (Fsp3) is 0.231. The second-order valence-electron chi connectivity index (χ2n) is 3.91. The van der Waals surface area contributed by atoms with E-state index in [0.29, 0.717) is 18.8 Å². The summed E-state index contributed by atoms with van der Waals surface area (Å²) in [6.45, 7) is 3.23. The molecule has 0 radical (unpaired) electrons. The minimum atomic E-state index is 0.435. The molecule has 0 aliphatic heterocycles. The number of hydrogen-bond acceptors (Lipinski definition) is 5. The summed E-state index contributed by atoms with van der Waals surface area (Å²) in [5.74, 6) is 0. The monoisotopic (exact) mass is 239 g/mol. The van der Waals surface area contributed by atoms with Crippen molar-refractivity contribution in [1.82, 2.24) is 20.3 Å². The average Bonchev–Trinajstić information content (AvgIpc) is 2.41. The fourth-order valence-corrected chi connectivity index (χ4v) is 1.49. The summed E-state index contributed by atoms with van der Waals surface area (Å²) in [7, 11) is 0. The van der Waals surface area contributed by atoms with Crippen molar-refractivity contribution in [2.24, 2.45) is 0 Å². The molecule has 0 amide bonds. The fourth-order valence-electron chi connectivity index (χ4n) is 1.49. The highest BCUT2D eigenvalue weighted by molar-refractivity contribution is 5.25. The predicted octanol–water partition coefficient (Wildman–Crippen LogP) is 1.34. The number of nitriles is 1. The molecule has 2 aromatic rings. The molecule has 0 atom stereocenters. The summed E-state index contributed by atoms with van der Waals surface area (Å²) in [5.41, 5.74) is 3.27. The Balaban J connectivity index is 1.88. The number of hydrogen-bond donors (Lipinski definition) is 1. The van der Waals surface area contributed by atoms with Gasteiger partial charge in [-0.3, -0.25) is 9.97 Å². The lowest BCUT2D eigenvalue weighted by Crippen LogP contribution is -2.14. The number of aryl methyl sites for hydroxylation is 1.